The van der Waals surface area contributed by atoms with Crippen LogP contribution in [0.5, 0.6) is 17.2 Å². The summed E-state index contributed by atoms with van der Waals surface area (Å²) < 4.78 is 17.1. The van der Waals surface area contributed by atoms with Gasteiger partial charge in [-0.25, -0.2) is 0 Å². The molecule has 29 heavy (non-hydrogen) atoms. The number of hydrogen-bond donors (Lipinski definition) is 1. The van der Waals surface area contributed by atoms with Crippen molar-refractivity contribution in [1.29, 1.82) is 0 Å². The normalized spacial score (nSPS) is 20.0. The van der Waals surface area contributed by atoms with Crippen molar-refractivity contribution in [2.45, 2.75) is 12.3 Å². The number of nitrogens with one attached hydrogen (secondary N) is 1. The zero-order valence-electron chi connectivity index (χ0n) is 16.3. The van der Waals surface area contributed by atoms with Crippen LogP contribution in [0.4, 0.5) is 0 Å². The SMILES string of the molecule is COc1ccc(C2=C[C@@H]3c4cc(OC)ccc4O[C@@H](c4ccccc4)N3N2)cc1. The lowest BCUT2D eigenvalue weighted by molar-refractivity contribution is -0.0327. The van der Waals surface area contributed by atoms with Gasteiger partial charge in [0.05, 0.1) is 26.0 Å². The summed E-state index contributed by atoms with van der Waals surface area (Å²) in [6, 6.07) is 24.3. The van der Waals surface area contributed by atoms with Gasteiger partial charge in [-0.1, -0.05) is 30.3 Å². The van der Waals surface area contributed by atoms with Crippen LogP contribution in [0.3, 0.4) is 0 Å². The van der Waals surface area contributed by atoms with Crippen molar-refractivity contribution in [2.75, 3.05) is 14.2 Å². The van der Waals surface area contributed by atoms with Crippen LogP contribution in [0.25, 0.3) is 5.70 Å². The molecule has 2 atom stereocenters. The minimum Gasteiger partial charge on any atom is -0.497 e. The fourth-order valence-electron chi connectivity index (χ4n) is 3.87. The van der Waals surface area contributed by atoms with Crippen LogP contribution in [0.2, 0.25) is 0 Å². The first-order valence-electron chi connectivity index (χ1n) is 9.57. The van der Waals surface area contributed by atoms with Gasteiger partial charge >= 0.3 is 0 Å². The Bertz CT molecular complexity index is 1050. The van der Waals surface area contributed by atoms with Crippen LogP contribution in [-0.4, -0.2) is 19.2 Å². The molecule has 0 amide bonds. The van der Waals surface area contributed by atoms with Crippen LogP contribution in [-0.2, 0) is 0 Å². The quantitative estimate of drug-likeness (QED) is 0.704. The van der Waals surface area contributed by atoms with Crippen LogP contribution in [0.1, 0.15) is 29.0 Å². The Morgan fingerprint density at radius 2 is 1.59 bits per heavy atom. The molecule has 5 heteroatoms. The van der Waals surface area contributed by atoms with Crippen molar-refractivity contribution in [2.24, 2.45) is 0 Å². The van der Waals surface area contributed by atoms with E-state index in [1.54, 1.807) is 14.2 Å². The number of methoxy groups -OCH3 is 2. The Morgan fingerprint density at radius 3 is 2.31 bits per heavy atom. The molecular weight excluding hydrogens is 364 g/mol. The second kappa shape index (κ2) is 7.18. The standard InChI is InChI=1S/C24H22N2O3/c1-27-18-10-8-16(9-11-18)21-15-22-20-14-19(28-2)12-13-23(20)29-24(26(22)25-21)17-6-4-3-5-7-17/h3-15,22,24-25H,1-2H3/t22-,24+/m1/s1. The van der Waals surface area contributed by atoms with E-state index in [1.807, 2.05) is 48.5 Å². The molecule has 5 rings (SSSR count). The predicted octanol–water partition coefficient (Wildman–Crippen LogP) is 4.70. The minimum absolute atomic E-state index is 0.0242. The number of benzene rings is 3. The number of ether oxygens (including phenoxy) is 3. The van der Waals surface area contributed by atoms with E-state index in [1.165, 1.54) is 0 Å². The molecule has 5 nitrogen and oxygen atoms in total. The molecule has 3 aromatic carbocycles. The molecule has 1 N–H and O–H groups in total. The molecule has 0 spiro atoms. The molecule has 0 aliphatic carbocycles. The largest absolute Gasteiger partial charge is 0.497 e. The van der Waals surface area contributed by atoms with Gasteiger partial charge in [-0.05, 0) is 54.1 Å². The molecular formula is C24H22N2O3. The van der Waals surface area contributed by atoms with Crippen LogP contribution >= 0.6 is 0 Å². The number of rotatable bonds is 4. The van der Waals surface area contributed by atoms with Gasteiger partial charge in [0.25, 0.3) is 0 Å². The number of nitrogens with zero attached hydrogens (tertiary/aromatic N) is 1. The maximum atomic E-state index is 6.41. The zero-order valence-corrected chi connectivity index (χ0v) is 16.3. The average molecular weight is 386 g/mol. The molecule has 0 saturated carbocycles. The summed E-state index contributed by atoms with van der Waals surface area (Å²) in [6.07, 6.45) is 1.99. The third-order valence-electron chi connectivity index (χ3n) is 5.39. The second-order valence-electron chi connectivity index (χ2n) is 7.06. The fraction of sp³-hybridized carbons (Fsp3) is 0.167. The van der Waals surface area contributed by atoms with Crippen LogP contribution < -0.4 is 19.6 Å². The smallest absolute Gasteiger partial charge is 0.195 e. The number of hydrazine groups is 1. The summed E-state index contributed by atoms with van der Waals surface area (Å²) >= 11 is 0. The summed E-state index contributed by atoms with van der Waals surface area (Å²) in [5, 5.41) is 2.15. The Balaban J connectivity index is 1.57. The van der Waals surface area contributed by atoms with Gasteiger partial charge in [0.1, 0.15) is 17.2 Å². The molecule has 2 heterocycles. The summed E-state index contributed by atoms with van der Waals surface area (Å²) in [5.74, 6) is 2.53. The van der Waals surface area contributed by atoms with Gasteiger partial charge in [0.2, 0.25) is 0 Å². The maximum absolute atomic E-state index is 6.41. The van der Waals surface area contributed by atoms with Crippen molar-refractivity contribution >= 4 is 5.70 Å². The van der Waals surface area contributed by atoms with E-state index in [4.69, 9.17) is 14.2 Å². The Labute approximate surface area is 170 Å². The van der Waals surface area contributed by atoms with Crippen LogP contribution in [0, 0.1) is 0 Å². The molecule has 0 fully saturated rings. The van der Waals surface area contributed by atoms with Crippen molar-refractivity contribution in [3.05, 3.63) is 95.6 Å². The number of hydrogen-bond acceptors (Lipinski definition) is 5. The van der Waals surface area contributed by atoms with Crippen LogP contribution in [0.15, 0.2) is 78.9 Å². The maximum Gasteiger partial charge on any atom is 0.195 e. The third kappa shape index (κ3) is 3.09. The second-order valence-corrected chi connectivity index (χ2v) is 7.06. The van der Waals surface area contributed by atoms with E-state index in [9.17, 15) is 0 Å². The highest BCUT2D eigenvalue weighted by Crippen LogP contribution is 2.47. The zero-order chi connectivity index (χ0) is 19.8. The van der Waals surface area contributed by atoms with E-state index in [-0.39, 0.29) is 12.3 Å². The lowest BCUT2D eigenvalue weighted by Crippen LogP contribution is -2.43. The molecule has 2 aliphatic heterocycles. The van der Waals surface area contributed by atoms with Gasteiger partial charge in [0, 0.05) is 11.1 Å². The van der Waals surface area contributed by atoms with E-state index in [2.05, 4.69) is 40.8 Å². The first-order chi connectivity index (χ1) is 14.3. The van der Waals surface area contributed by atoms with Crippen molar-refractivity contribution in [1.82, 2.24) is 10.4 Å². The summed E-state index contributed by atoms with van der Waals surface area (Å²) in [4.78, 5) is 0. The summed E-state index contributed by atoms with van der Waals surface area (Å²) in [5.41, 5.74) is 7.86. The molecule has 0 saturated heterocycles. The first kappa shape index (κ1) is 17.6. The highest BCUT2D eigenvalue weighted by atomic mass is 16.5. The lowest BCUT2D eigenvalue weighted by atomic mass is 10.0. The van der Waals surface area contributed by atoms with Crippen molar-refractivity contribution in [3.8, 4) is 17.2 Å². The monoisotopic (exact) mass is 386 g/mol. The molecule has 3 aromatic rings. The summed E-state index contributed by atoms with van der Waals surface area (Å²) in [6.45, 7) is 0. The van der Waals surface area contributed by atoms with Gasteiger partial charge in [-0.15, -0.1) is 0 Å². The third-order valence-corrected chi connectivity index (χ3v) is 5.39. The van der Waals surface area contributed by atoms with E-state index >= 15 is 0 Å². The van der Waals surface area contributed by atoms with E-state index < -0.39 is 0 Å². The van der Waals surface area contributed by atoms with Gasteiger partial charge in [-0.3, -0.25) is 0 Å². The Hall–Kier alpha value is -3.44. The molecule has 0 aromatic heterocycles. The first-order valence-corrected chi connectivity index (χ1v) is 9.57. The molecule has 0 radical (unpaired) electrons. The Morgan fingerprint density at radius 1 is 0.862 bits per heavy atom. The van der Waals surface area contributed by atoms with Gasteiger partial charge in [-0.2, -0.15) is 5.01 Å². The van der Waals surface area contributed by atoms with Gasteiger partial charge < -0.3 is 19.6 Å². The molecule has 146 valence electrons. The topological polar surface area (TPSA) is 43.0 Å². The van der Waals surface area contributed by atoms with Gasteiger partial charge in [0.15, 0.2) is 6.23 Å². The van der Waals surface area contributed by atoms with Crippen molar-refractivity contribution in [3.63, 3.8) is 0 Å². The highest BCUT2D eigenvalue weighted by molar-refractivity contribution is 5.68. The van der Waals surface area contributed by atoms with Crippen molar-refractivity contribution < 1.29 is 14.2 Å². The lowest BCUT2D eigenvalue weighted by Gasteiger charge is -2.39. The Kier molecular flexibility index (Phi) is 4.37. The van der Waals surface area contributed by atoms with E-state index in [0.717, 1.165) is 39.6 Å². The van der Waals surface area contributed by atoms with E-state index in [0.29, 0.717) is 0 Å². The predicted molar refractivity (Wildman–Crippen MR) is 111 cm³/mol. The average Bonchev–Trinajstić information content (AvgIpc) is 3.24. The fourth-order valence-corrected chi connectivity index (χ4v) is 3.87. The molecule has 2 aliphatic rings. The minimum atomic E-state index is -0.242. The molecule has 0 bridgehead atoms. The number of fused-ring (bicyclic) bond motifs is 3. The highest BCUT2D eigenvalue weighted by Gasteiger charge is 2.40. The molecule has 0 unspecified atom stereocenters. The summed E-state index contributed by atoms with van der Waals surface area (Å²) in [7, 11) is 3.36.